The highest BCUT2D eigenvalue weighted by atomic mass is 16.7. The summed E-state index contributed by atoms with van der Waals surface area (Å²) >= 11 is 0. The summed E-state index contributed by atoms with van der Waals surface area (Å²) in [5, 5.41) is 10.5. The fraction of sp³-hybridized carbons (Fsp3) is 0.250. The van der Waals surface area contributed by atoms with Crippen molar-refractivity contribution in [2.45, 2.75) is 6.42 Å². The molecule has 3 aliphatic heterocycles. The quantitative estimate of drug-likeness (QED) is 0.879. The van der Waals surface area contributed by atoms with Crippen LogP contribution in [-0.4, -0.2) is 43.5 Å². The number of fused-ring (bicyclic) bond motifs is 5. The zero-order valence-electron chi connectivity index (χ0n) is 14.9. The van der Waals surface area contributed by atoms with Gasteiger partial charge in [-0.05, 0) is 36.3 Å². The normalized spacial score (nSPS) is 16.3. The molecule has 1 N–H and O–H groups in total. The number of benzene rings is 2. The van der Waals surface area contributed by atoms with Gasteiger partial charge in [-0.15, -0.1) is 0 Å². The van der Waals surface area contributed by atoms with E-state index < -0.39 is 0 Å². The van der Waals surface area contributed by atoms with E-state index in [1.807, 2.05) is 12.1 Å². The second-order valence-electron chi connectivity index (χ2n) is 6.49. The maximum Gasteiger partial charge on any atom is 0.262 e. The van der Waals surface area contributed by atoms with Crippen LogP contribution < -0.4 is 18.9 Å². The van der Waals surface area contributed by atoms with Crippen molar-refractivity contribution in [1.82, 2.24) is 4.90 Å². The largest absolute Gasteiger partial charge is 0.504 e. The Balaban J connectivity index is 1.75. The lowest BCUT2D eigenvalue weighted by atomic mass is 9.99. The predicted molar refractivity (Wildman–Crippen MR) is 96.4 cm³/mol. The highest BCUT2D eigenvalue weighted by Crippen LogP contribution is 2.49. The van der Waals surface area contributed by atoms with Gasteiger partial charge in [0.1, 0.15) is 0 Å². The topological polar surface area (TPSA) is 77.5 Å². The molecule has 0 aliphatic carbocycles. The number of aromatic hydroxyl groups is 1. The Morgan fingerprint density at radius 3 is 2.81 bits per heavy atom. The summed E-state index contributed by atoms with van der Waals surface area (Å²) in [5.41, 5.74) is 3.54. The van der Waals surface area contributed by atoms with E-state index in [-0.39, 0.29) is 29.8 Å². The molecular weight excluding hydrogens is 350 g/mol. The standard InChI is InChI=1S/C20H17NO6/c1-24-14-4-3-11-13-8-12-10(5-6-21(13)20(23)16(11)17(14)22)7-15-19(18(12)25-2)27-9-26-15/h3-4,7-8,22H,5-6,9H2,1-2H3. The van der Waals surface area contributed by atoms with Crippen molar-refractivity contribution in [3.63, 3.8) is 0 Å². The second kappa shape index (κ2) is 5.57. The van der Waals surface area contributed by atoms with Gasteiger partial charge in [-0.3, -0.25) is 4.79 Å². The zero-order chi connectivity index (χ0) is 18.7. The third kappa shape index (κ3) is 2.05. The molecule has 0 saturated carbocycles. The molecule has 3 aliphatic rings. The number of phenols is 1. The summed E-state index contributed by atoms with van der Waals surface area (Å²) in [6, 6.07) is 5.40. The molecule has 0 spiro atoms. The van der Waals surface area contributed by atoms with E-state index in [4.69, 9.17) is 18.9 Å². The minimum absolute atomic E-state index is 0.133. The van der Waals surface area contributed by atoms with E-state index in [1.54, 1.807) is 24.1 Å². The molecule has 1 amide bonds. The summed E-state index contributed by atoms with van der Waals surface area (Å²) in [7, 11) is 3.05. The first-order valence-corrected chi connectivity index (χ1v) is 8.57. The molecule has 3 heterocycles. The summed E-state index contributed by atoms with van der Waals surface area (Å²) in [6.07, 6.45) is 2.54. The fourth-order valence-corrected chi connectivity index (χ4v) is 3.95. The molecule has 0 radical (unpaired) electrons. The number of hydrogen-bond donors (Lipinski definition) is 1. The van der Waals surface area contributed by atoms with E-state index in [1.165, 1.54) is 7.11 Å². The van der Waals surface area contributed by atoms with Crippen LogP contribution in [0.15, 0.2) is 18.2 Å². The van der Waals surface area contributed by atoms with Gasteiger partial charge < -0.3 is 29.0 Å². The predicted octanol–water partition coefficient (Wildman–Crippen LogP) is 2.65. The Kier molecular flexibility index (Phi) is 3.28. The molecule has 0 atom stereocenters. The maximum absolute atomic E-state index is 13.0. The van der Waals surface area contributed by atoms with Gasteiger partial charge in [-0.2, -0.15) is 0 Å². The Labute approximate surface area is 155 Å². The smallest absolute Gasteiger partial charge is 0.262 e. The van der Waals surface area contributed by atoms with Crippen molar-refractivity contribution in [3.05, 3.63) is 40.5 Å². The van der Waals surface area contributed by atoms with Crippen molar-refractivity contribution >= 4 is 17.7 Å². The van der Waals surface area contributed by atoms with Crippen LogP contribution in [0.5, 0.6) is 28.7 Å². The summed E-state index contributed by atoms with van der Waals surface area (Å²) < 4.78 is 21.8. The molecule has 2 aromatic rings. The van der Waals surface area contributed by atoms with Crippen LogP contribution in [0.25, 0.3) is 11.8 Å². The van der Waals surface area contributed by atoms with Gasteiger partial charge in [0.05, 0.1) is 25.5 Å². The van der Waals surface area contributed by atoms with Crippen molar-refractivity contribution in [1.29, 1.82) is 0 Å². The molecule has 0 bridgehead atoms. The monoisotopic (exact) mass is 367 g/mol. The van der Waals surface area contributed by atoms with Gasteiger partial charge in [0.2, 0.25) is 12.5 Å². The first-order valence-electron chi connectivity index (χ1n) is 8.57. The number of amides is 1. The Morgan fingerprint density at radius 1 is 1.19 bits per heavy atom. The molecule has 5 rings (SSSR count). The van der Waals surface area contributed by atoms with Crippen molar-refractivity contribution in [2.24, 2.45) is 0 Å². The van der Waals surface area contributed by atoms with E-state index in [0.29, 0.717) is 35.8 Å². The first kappa shape index (κ1) is 15.9. The molecule has 7 heteroatoms. The lowest BCUT2D eigenvalue weighted by Crippen LogP contribution is -2.24. The van der Waals surface area contributed by atoms with E-state index in [2.05, 4.69) is 0 Å². The van der Waals surface area contributed by atoms with E-state index in [0.717, 1.165) is 16.8 Å². The van der Waals surface area contributed by atoms with Crippen LogP contribution in [0.2, 0.25) is 0 Å². The molecule has 2 aromatic carbocycles. The molecule has 7 nitrogen and oxygen atoms in total. The van der Waals surface area contributed by atoms with Crippen LogP contribution in [-0.2, 0) is 6.42 Å². The number of hydrogen-bond acceptors (Lipinski definition) is 6. The lowest BCUT2D eigenvalue weighted by molar-refractivity contribution is 0.0849. The molecule has 27 heavy (non-hydrogen) atoms. The summed E-state index contributed by atoms with van der Waals surface area (Å²) in [4.78, 5) is 14.6. The Morgan fingerprint density at radius 2 is 2.04 bits per heavy atom. The van der Waals surface area contributed by atoms with Crippen molar-refractivity contribution < 1.29 is 28.8 Å². The number of rotatable bonds is 2. The molecule has 0 saturated heterocycles. The third-order valence-corrected chi connectivity index (χ3v) is 5.22. The number of carbonyl (C=O) groups is 1. The van der Waals surface area contributed by atoms with Gasteiger partial charge in [0.25, 0.3) is 5.91 Å². The highest BCUT2D eigenvalue weighted by Gasteiger charge is 2.38. The number of nitrogens with zero attached hydrogens (tertiary/aromatic N) is 1. The molecule has 0 aromatic heterocycles. The zero-order valence-corrected chi connectivity index (χ0v) is 14.9. The number of methoxy groups -OCH3 is 2. The fourth-order valence-electron chi connectivity index (χ4n) is 3.95. The Hall–Kier alpha value is -3.35. The van der Waals surface area contributed by atoms with Gasteiger partial charge in [-0.1, -0.05) is 0 Å². The summed E-state index contributed by atoms with van der Waals surface area (Å²) in [5.74, 6) is 1.73. The minimum atomic E-state index is -0.237. The van der Waals surface area contributed by atoms with Crippen LogP contribution in [0, 0.1) is 0 Å². The lowest BCUT2D eigenvalue weighted by Gasteiger charge is -2.15. The molecular formula is C20H17NO6. The average Bonchev–Trinajstić information content (AvgIpc) is 3.17. The van der Waals surface area contributed by atoms with E-state index in [9.17, 15) is 9.90 Å². The van der Waals surface area contributed by atoms with Gasteiger partial charge in [0, 0.05) is 17.7 Å². The van der Waals surface area contributed by atoms with Crippen LogP contribution in [0.3, 0.4) is 0 Å². The second-order valence-corrected chi connectivity index (χ2v) is 6.49. The highest BCUT2D eigenvalue weighted by molar-refractivity contribution is 6.14. The Bertz CT molecular complexity index is 1030. The van der Waals surface area contributed by atoms with Crippen LogP contribution in [0.4, 0.5) is 0 Å². The minimum Gasteiger partial charge on any atom is -0.504 e. The number of carbonyl (C=O) groups excluding carboxylic acids is 1. The third-order valence-electron chi connectivity index (χ3n) is 5.22. The molecule has 0 fully saturated rings. The SMILES string of the molecule is COc1ccc2c(c1O)C(=O)N1CCc3cc4c(c(OC)c3C=C21)OCO4. The summed E-state index contributed by atoms with van der Waals surface area (Å²) in [6.45, 7) is 0.642. The average molecular weight is 367 g/mol. The number of ether oxygens (including phenoxy) is 4. The van der Waals surface area contributed by atoms with Gasteiger partial charge in [0.15, 0.2) is 23.0 Å². The number of phenolic OH excluding ortho intramolecular Hbond substituents is 1. The molecule has 138 valence electrons. The first-order chi connectivity index (χ1) is 13.1. The van der Waals surface area contributed by atoms with E-state index >= 15 is 0 Å². The van der Waals surface area contributed by atoms with Crippen LogP contribution >= 0.6 is 0 Å². The molecule has 0 unspecified atom stereocenters. The van der Waals surface area contributed by atoms with Crippen molar-refractivity contribution in [2.75, 3.05) is 27.6 Å². The maximum atomic E-state index is 13.0. The van der Waals surface area contributed by atoms with Crippen LogP contribution in [0.1, 0.15) is 27.0 Å². The van der Waals surface area contributed by atoms with Gasteiger partial charge in [-0.25, -0.2) is 0 Å². The van der Waals surface area contributed by atoms with Crippen molar-refractivity contribution in [3.8, 4) is 28.7 Å². The van der Waals surface area contributed by atoms with Gasteiger partial charge >= 0.3 is 0 Å².